The first-order chi connectivity index (χ1) is 14.3. The molecule has 1 aliphatic rings. The average Bonchev–Trinajstić information content (AvgIpc) is 2.74. The van der Waals surface area contributed by atoms with Crippen LogP contribution < -0.4 is 10.0 Å². The van der Waals surface area contributed by atoms with Crippen molar-refractivity contribution in [1.82, 2.24) is 14.5 Å². The fourth-order valence-corrected chi connectivity index (χ4v) is 4.52. The number of nitrogens with zero attached hydrogens (tertiary/aromatic N) is 2. The Morgan fingerprint density at radius 2 is 1.77 bits per heavy atom. The van der Waals surface area contributed by atoms with Gasteiger partial charge in [-0.2, -0.15) is 0 Å². The molecule has 0 radical (unpaired) electrons. The molecule has 0 aliphatic carbocycles. The summed E-state index contributed by atoms with van der Waals surface area (Å²) in [6.07, 6.45) is 2.74. The maximum atomic E-state index is 12.6. The Labute approximate surface area is 179 Å². The molecular weight excluding hydrogens is 404 g/mol. The molecule has 2 rings (SSSR count). The lowest BCUT2D eigenvalue weighted by Gasteiger charge is -2.34. The zero-order valence-electron chi connectivity index (χ0n) is 17.8. The zero-order chi connectivity index (χ0) is 22.1. The van der Waals surface area contributed by atoms with Gasteiger partial charge in [0.25, 0.3) is 0 Å². The van der Waals surface area contributed by atoms with Gasteiger partial charge in [-0.1, -0.05) is 18.2 Å². The molecule has 1 saturated heterocycles. The number of carbonyl (C=O) groups is 2. The minimum absolute atomic E-state index is 0.0342. The number of benzene rings is 1. The summed E-state index contributed by atoms with van der Waals surface area (Å²) in [5.74, 6) is -0.347. The number of anilines is 1. The van der Waals surface area contributed by atoms with Crippen LogP contribution in [0.25, 0.3) is 0 Å². The fraction of sp³-hybridized carbons (Fsp3) is 0.524. The van der Waals surface area contributed by atoms with Crippen molar-refractivity contribution in [1.29, 1.82) is 0 Å². The first-order valence-corrected chi connectivity index (χ1v) is 12.0. The van der Waals surface area contributed by atoms with Crippen LogP contribution in [0.5, 0.6) is 0 Å². The molecule has 1 aromatic rings. The molecule has 0 aromatic heterocycles. The first kappa shape index (κ1) is 23.9. The Morgan fingerprint density at radius 1 is 1.17 bits per heavy atom. The van der Waals surface area contributed by atoms with Crippen LogP contribution in [0.15, 0.2) is 36.9 Å². The number of piperidine rings is 1. The summed E-state index contributed by atoms with van der Waals surface area (Å²) in [4.78, 5) is 28.6. The molecule has 0 saturated carbocycles. The van der Waals surface area contributed by atoms with Gasteiger partial charge in [-0.3, -0.25) is 4.79 Å². The summed E-state index contributed by atoms with van der Waals surface area (Å²) < 4.78 is 26.3. The van der Waals surface area contributed by atoms with Crippen LogP contribution >= 0.6 is 0 Å². The summed E-state index contributed by atoms with van der Waals surface area (Å²) in [6.45, 7) is 10.1. The number of rotatable bonds is 9. The van der Waals surface area contributed by atoms with E-state index in [1.165, 1.54) is 6.08 Å². The van der Waals surface area contributed by atoms with E-state index in [2.05, 4.69) is 16.6 Å². The van der Waals surface area contributed by atoms with Gasteiger partial charge in [0.1, 0.15) is 0 Å². The number of hydrogen-bond donors (Lipinski definition) is 2. The van der Waals surface area contributed by atoms with E-state index in [1.54, 1.807) is 29.2 Å². The van der Waals surface area contributed by atoms with E-state index in [9.17, 15) is 18.0 Å². The summed E-state index contributed by atoms with van der Waals surface area (Å²) in [7, 11) is -3.42. The SMILES string of the molecule is C=CCNS(=O)(=O)Cc1ccc(NC(=O)C2CCN(C(=O)N(CC)CC)CC2)cc1. The Hall–Kier alpha value is -2.39. The van der Waals surface area contributed by atoms with Crippen LogP contribution in [0.4, 0.5) is 10.5 Å². The second kappa shape index (κ2) is 11.1. The molecule has 0 bridgehead atoms. The molecule has 1 fully saturated rings. The topological polar surface area (TPSA) is 98.8 Å². The van der Waals surface area contributed by atoms with E-state index in [0.29, 0.717) is 50.3 Å². The predicted molar refractivity (Wildman–Crippen MR) is 119 cm³/mol. The number of hydrogen-bond acceptors (Lipinski definition) is 4. The van der Waals surface area contributed by atoms with Crippen LogP contribution in [-0.2, 0) is 20.6 Å². The second-order valence-corrected chi connectivity index (χ2v) is 9.11. The highest BCUT2D eigenvalue weighted by Crippen LogP contribution is 2.21. The van der Waals surface area contributed by atoms with Gasteiger partial charge in [0, 0.05) is 44.3 Å². The van der Waals surface area contributed by atoms with Gasteiger partial charge < -0.3 is 15.1 Å². The van der Waals surface area contributed by atoms with E-state index in [0.717, 1.165) is 0 Å². The smallest absolute Gasteiger partial charge is 0.319 e. The quantitative estimate of drug-likeness (QED) is 0.581. The largest absolute Gasteiger partial charge is 0.326 e. The lowest BCUT2D eigenvalue weighted by atomic mass is 9.96. The maximum Gasteiger partial charge on any atom is 0.319 e. The van der Waals surface area contributed by atoms with Crippen LogP contribution in [0.1, 0.15) is 32.3 Å². The van der Waals surface area contributed by atoms with E-state index >= 15 is 0 Å². The van der Waals surface area contributed by atoms with Crippen LogP contribution in [0.2, 0.25) is 0 Å². The number of nitrogens with one attached hydrogen (secondary N) is 2. The van der Waals surface area contributed by atoms with Gasteiger partial charge in [-0.25, -0.2) is 17.9 Å². The lowest BCUT2D eigenvalue weighted by molar-refractivity contribution is -0.121. The molecule has 30 heavy (non-hydrogen) atoms. The highest BCUT2D eigenvalue weighted by molar-refractivity contribution is 7.88. The van der Waals surface area contributed by atoms with Crippen molar-refractivity contribution in [2.75, 3.05) is 38.0 Å². The normalized spacial score (nSPS) is 14.9. The summed E-state index contributed by atoms with van der Waals surface area (Å²) in [5, 5.41) is 2.89. The van der Waals surface area contributed by atoms with Gasteiger partial charge in [0.05, 0.1) is 5.75 Å². The third-order valence-electron chi connectivity index (χ3n) is 5.20. The molecule has 1 aromatic carbocycles. The standard InChI is InChI=1S/C21H32N4O4S/c1-4-13-22-30(28,29)16-17-7-9-19(10-8-17)23-20(26)18-11-14-25(15-12-18)21(27)24(5-2)6-3/h4,7-10,18,22H,1,5-6,11-16H2,2-3H3,(H,23,26). The molecule has 2 N–H and O–H groups in total. The van der Waals surface area contributed by atoms with Crippen molar-refractivity contribution in [3.63, 3.8) is 0 Å². The molecule has 166 valence electrons. The van der Waals surface area contributed by atoms with Crippen molar-refractivity contribution in [3.8, 4) is 0 Å². The van der Waals surface area contributed by atoms with E-state index in [4.69, 9.17) is 0 Å². The van der Waals surface area contributed by atoms with Crippen molar-refractivity contribution in [2.24, 2.45) is 5.92 Å². The average molecular weight is 437 g/mol. The first-order valence-electron chi connectivity index (χ1n) is 10.3. The number of likely N-dealkylation sites (tertiary alicyclic amines) is 1. The van der Waals surface area contributed by atoms with Crippen LogP contribution in [0.3, 0.4) is 0 Å². The van der Waals surface area contributed by atoms with E-state index in [-0.39, 0.29) is 30.2 Å². The molecular formula is C21H32N4O4S. The van der Waals surface area contributed by atoms with Gasteiger partial charge in [0.15, 0.2) is 0 Å². The molecule has 3 amide bonds. The summed E-state index contributed by atoms with van der Waals surface area (Å²) in [5.41, 5.74) is 1.26. The molecule has 1 aliphatic heterocycles. The van der Waals surface area contributed by atoms with E-state index in [1.807, 2.05) is 18.7 Å². The highest BCUT2D eigenvalue weighted by Gasteiger charge is 2.28. The fourth-order valence-electron chi connectivity index (χ4n) is 3.41. The monoisotopic (exact) mass is 436 g/mol. The van der Waals surface area contributed by atoms with Gasteiger partial charge in [-0.05, 0) is 44.4 Å². The Bertz CT molecular complexity index is 827. The van der Waals surface area contributed by atoms with Crippen molar-refractivity contribution < 1.29 is 18.0 Å². The van der Waals surface area contributed by atoms with Crippen molar-refractivity contribution in [2.45, 2.75) is 32.4 Å². The Morgan fingerprint density at radius 3 is 2.30 bits per heavy atom. The van der Waals surface area contributed by atoms with Crippen molar-refractivity contribution >= 4 is 27.6 Å². The Kier molecular flexibility index (Phi) is 8.86. The molecule has 9 heteroatoms. The Balaban J connectivity index is 1.85. The third-order valence-corrected chi connectivity index (χ3v) is 6.52. The molecule has 0 spiro atoms. The number of sulfonamides is 1. The molecule has 8 nitrogen and oxygen atoms in total. The second-order valence-electron chi connectivity index (χ2n) is 7.30. The number of carbonyl (C=O) groups excluding carboxylic acids is 2. The summed E-state index contributed by atoms with van der Waals surface area (Å²) in [6, 6.07) is 6.82. The minimum atomic E-state index is -3.42. The van der Waals surface area contributed by atoms with E-state index < -0.39 is 10.0 Å². The van der Waals surface area contributed by atoms with Gasteiger partial charge in [0.2, 0.25) is 15.9 Å². The number of urea groups is 1. The zero-order valence-corrected chi connectivity index (χ0v) is 18.6. The van der Waals surface area contributed by atoms with Gasteiger partial charge in [-0.15, -0.1) is 6.58 Å². The summed E-state index contributed by atoms with van der Waals surface area (Å²) >= 11 is 0. The van der Waals surface area contributed by atoms with Crippen LogP contribution in [0, 0.1) is 5.92 Å². The van der Waals surface area contributed by atoms with Crippen LogP contribution in [-0.4, -0.2) is 62.9 Å². The number of amides is 3. The molecule has 1 heterocycles. The minimum Gasteiger partial charge on any atom is -0.326 e. The van der Waals surface area contributed by atoms with Crippen molar-refractivity contribution in [3.05, 3.63) is 42.5 Å². The third kappa shape index (κ3) is 6.84. The molecule has 0 atom stereocenters. The van der Waals surface area contributed by atoms with Gasteiger partial charge >= 0.3 is 6.03 Å². The predicted octanol–water partition coefficient (Wildman–Crippen LogP) is 2.40. The maximum absolute atomic E-state index is 12.6. The lowest BCUT2D eigenvalue weighted by Crippen LogP contribution is -2.47. The molecule has 0 unspecified atom stereocenters. The highest BCUT2D eigenvalue weighted by atomic mass is 32.2.